The average Bonchev–Trinajstić information content (AvgIpc) is 3.02. The highest BCUT2D eigenvalue weighted by Crippen LogP contribution is 2.45. The maximum Gasteiger partial charge on any atom is 0.506 e. The van der Waals surface area contributed by atoms with Crippen molar-refractivity contribution in [2.75, 3.05) is 13.1 Å². The van der Waals surface area contributed by atoms with Gasteiger partial charge in [0.15, 0.2) is 0 Å². The molecule has 1 N–H and O–H groups in total. The highest BCUT2D eigenvalue weighted by atomic mass is 127. The van der Waals surface area contributed by atoms with Crippen LogP contribution in [0, 0.1) is 3.57 Å². The van der Waals surface area contributed by atoms with Crippen molar-refractivity contribution in [3.63, 3.8) is 0 Å². The summed E-state index contributed by atoms with van der Waals surface area (Å²) in [6.45, 7) is 2.68. The van der Waals surface area contributed by atoms with Crippen LogP contribution in [0.25, 0.3) is 0 Å². The first-order chi connectivity index (χ1) is 21.6. The van der Waals surface area contributed by atoms with Gasteiger partial charge < -0.3 is 24.4 Å². The molecule has 4 atom stereocenters. The summed E-state index contributed by atoms with van der Waals surface area (Å²) in [6.07, 6.45) is -0.961. The van der Waals surface area contributed by atoms with E-state index >= 15 is 0 Å². The first-order valence-electron chi connectivity index (χ1n) is 15.1. The number of carbonyl (C=O) groups excluding carboxylic acids is 2. The predicted octanol–water partition coefficient (Wildman–Crippen LogP) is 7.70. The van der Waals surface area contributed by atoms with Gasteiger partial charge in [0, 0.05) is 46.0 Å². The highest BCUT2D eigenvalue weighted by molar-refractivity contribution is 14.1. The lowest BCUT2D eigenvalue weighted by Gasteiger charge is -2.48. The third-order valence-corrected chi connectivity index (χ3v) is 9.60. The standard InChI is InChI=1S/C34H35Cl2IN2O6/c1-2-3-28(32(40)38-18-16-27(17-19-38)44-34(42)43)39-30(22-6-10-24(35)11-7-22)31(23-8-12-25(36)13-9-23)45-29(33(39)41)20-21-4-14-26(37)15-5-21/h4-15,27-31H,2-3,16-20H2,1H3,(H,42,43)/t28-,29+,30-,31+/m0/s1. The van der Waals surface area contributed by atoms with Crippen molar-refractivity contribution < 1.29 is 29.0 Å². The van der Waals surface area contributed by atoms with Gasteiger partial charge in [-0.25, -0.2) is 4.79 Å². The van der Waals surface area contributed by atoms with Crippen molar-refractivity contribution in [1.82, 2.24) is 9.80 Å². The van der Waals surface area contributed by atoms with E-state index in [0.717, 1.165) is 20.3 Å². The smallest absolute Gasteiger partial charge is 0.450 e. The van der Waals surface area contributed by atoms with Crippen LogP contribution in [-0.2, 0) is 25.5 Å². The number of piperidine rings is 1. The van der Waals surface area contributed by atoms with Crippen LogP contribution in [0.1, 0.15) is 61.4 Å². The van der Waals surface area contributed by atoms with Crippen LogP contribution >= 0.6 is 45.8 Å². The van der Waals surface area contributed by atoms with Crippen molar-refractivity contribution >= 4 is 63.8 Å². The molecule has 0 aromatic heterocycles. The lowest BCUT2D eigenvalue weighted by molar-refractivity contribution is -0.183. The molecule has 3 aromatic carbocycles. The lowest BCUT2D eigenvalue weighted by atomic mass is 9.88. The Morgan fingerprint density at radius 3 is 2.09 bits per heavy atom. The highest BCUT2D eigenvalue weighted by Gasteiger charge is 2.49. The number of carbonyl (C=O) groups is 3. The molecule has 8 nitrogen and oxygen atoms in total. The van der Waals surface area contributed by atoms with Crippen molar-refractivity contribution in [1.29, 1.82) is 0 Å². The van der Waals surface area contributed by atoms with E-state index in [4.69, 9.17) is 37.8 Å². The van der Waals surface area contributed by atoms with Crippen LogP contribution in [0.4, 0.5) is 4.79 Å². The van der Waals surface area contributed by atoms with Crippen LogP contribution < -0.4 is 0 Å². The first-order valence-corrected chi connectivity index (χ1v) is 16.9. The monoisotopic (exact) mass is 764 g/mol. The van der Waals surface area contributed by atoms with E-state index in [1.807, 2.05) is 55.5 Å². The summed E-state index contributed by atoms with van der Waals surface area (Å²) in [5.74, 6) is -0.419. The molecule has 2 saturated heterocycles. The summed E-state index contributed by atoms with van der Waals surface area (Å²) < 4.78 is 12.8. The summed E-state index contributed by atoms with van der Waals surface area (Å²) in [7, 11) is 0. The topological polar surface area (TPSA) is 96.4 Å². The number of rotatable bonds is 9. The fraction of sp³-hybridized carbons (Fsp3) is 0.382. The number of carboxylic acid groups (broad SMARTS) is 1. The molecule has 0 unspecified atom stereocenters. The van der Waals surface area contributed by atoms with E-state index in [1.54, 1.807) is 34.1 Å². The molecule has 2 aliphatic rings. The van der Waals surface area contributed by atoms with Gasteiger partial charge in [0.05, 0.1) is 6.04 Å². The molecule has 0 spiro atoms. The van der Waals surface area contributed by atoms with Gasteiger partial charge >= 0.3 is 6.16 Å². The van der Waals surface area contributed by atoms with Crippen molar-refractivity contribution in [3.05, 3.63) is 103 Å². The molecule has 0 aliphatic carbocycles. The molecule has 0 saturated carbocycles. The summed E-state index contributed by atoms with van der Waals surface area (Å²) in [5.41, 5.74) is 2.58. The van der Waals surface area contributed by atoms with Gasteiger partial charge in [-0.05, 0) is 82.1 Å². The van der Waals surface area contributed by atoms with E-state index in [-0.39, 0.29) is 11.8 Å². The van der Waals surface area contributed by atoms with Gasteiger partial charge in [0.25, 0.3) is 5.91 Å². The minimum Gasteiger partial charge on any atom is -0.450 e. The lowest BCUT2D eigenvalue weighted by Crippen LogP contribution is -2.60. The maximum absolute atomic E-state index is 14.7. The molecule has 2 fully saturated rings. The third kappa shape index (κ3) is 8.11. The zero-order valence-electron chi connectivity index (χ0n) is 24.8. The van der Waals surface area contributed by atoms with Gasteiger partial charge in [-0.1, -0.05) is 72.9 Å². The number of benzene rings is 3. The van der Waals surface area contributed by atoms with Crippen LogP contribution in [0.3, 0.4) is 0 Å². The number of ether oxygens (including phenoxy) is 2. The van der Waals surface area contributed by atoms with Gasteiger partial charge in [-0.2, -0.15) is 0 Å². The van der Waals surface area contributed by atoms with Gasteiger partial charge in [-0.15, -0.1) is 0 Å². The molecule has 0 radical (unpaired) electrons. The normalized spacial score (nSPS) is 21.4. The number of likely N-dealkylation sites (tertiary alicyclic amines) is 1. The number of halogens is 3. The quantitative estimate of drug-likeness (QED) is 0.177. The van der Waals surface area contributed by atoms with Gasteiger partial charge in [0.2, 0.25) is 5.91 Å². The maximum atomic E-state index is 14.7. The van der Waals surface area contributed by atoms with Crippen molar-refractivity contribution in [2.24, 2.45) is 0 Å². The third-order valence-electron chi connectivity index (χ3n) is 8.38. The van der Waals surface area contributed by atoms with Crippen LogP contribution in [0.2, 0.25) is 10.0 Å². The summed E-state index contributed by atoms with van der Waals surface area (Å²) in [6, 6.07) is 21.3. The SMILES string of the molecule is CCC[C@@H](C(=O)N1CCC(OC(=O)O)CC1)N1C(=O)[C@@H](Cc2ccc(I)cc2)O[C@H](c2ccc(Cl)cc2)[C@@H]1c1ccc(Cl)cc1. The number of hydrogen-bond donors (Lipinski definition) is 1. The fourth-order valence-corrected chi connectivity index (χ4v) is 6.80. The van der Waals surface area contributed by atoms with Gasteiger partial charge in [-0.3, -0.25) is 9.59 Å². The molecule has 2 heterocycles. The first kappa shape index (κ1) is 33.5. The number of amides is 2. The zero-order chi connectivity index (χ0) is 32.1. The van der Waals surface area contributed by atoms with Crippen LogP contribution in [0.15, 0.2) is 72.8 Å². The molecule has 2 aliphatic heterocycles. The molecule has 3 aromatic rings. The number of hydrogen-bond acceptors (Lipinski definition) is 5. The average molecular weight is 765 g/mol. The number of nitrogens with zero attached hydrogens (tertiary/aromatic N) is 2. The Morgan fingerprint density at radius 1 is 0.956 bits per heavy atom. The van der Waals surface area contributed by atoms with E-state index in [1.165, 1.54) is 0 Å². The Bertz CT molecular complexity index is 1480. The molecular weight excluding hydrogens is 730 g/mol. The Labute approximate surface area is 286 Å². The molecule has 0 bridgehead atoms. The van der Waals surface area contributed by atoms with E-state index < -0.39 is 36.6 Å². The van der Waals surface area contributed by atoms with Crippen LogP contribution in [-0.4, -0.2) is 64.2 Å². The van der Waals surface area contributed by atoms with E-state index in [9.17, 15) is 14.4 Å². The molecule has 45 heavy (non-hydrogen) atoms. The summed E-state index contributed by atoms with van der Waals surface area (Å²) >= 11 is 14.8. The molecule has 11 heteroatoms. The molecular formula is C34H35Cl2IN2O6. The van der Waals surface area contributed by atoms with Crippen molar-refractivity contribution in [3.8, 4) is 0 Å². The predicted molar refractivity (Wildman–Crippen MR) is 180 cm³/mol. The molecule has 238 valence electrons. The summed E-state index contributed by atoms with van der Waals surface area (Å²) in [4.78, 5) is 43.6. The minimum atomic E-state index is -1.32. The molecule has 2 amide bonds. The minimum absolute atomic E-state index is 0.164. The zero-order valence-corrected chi connectivity index (χ0v) is 28.5. The molecule has 5 rings (SSSR count). The second-order valence-corrected chi connectivity index (χ2v) is 13.5. The van der Waals surface area contributed by atoms with E-state index in [2.05, 4.69) is 22.6 Å². The second kappa shape index (κ2) is 15.2. The number of morpholine rings is 1. The van der Waals surface area contributed by atoms with Crippen LogP contribution in [0.5, 0.6) is 0 Å². The largest absolute Gasteiger partial charge is 0.506 e. The Balaban J connectivity index is 1.57. The van der Waals surface area contributed by atoms with Crippen molar-refractivity contribution in [2.45, 2.75) is 69.4 Å². The Hall–Kier alpha value is -2.86. The summed E-state index contributed by atoms with van der Waals surface area (Å²) in [5, 5.41) is 10.2. The Kier molecular flexibility index (Phi) is 11.3. The second-order valence-electron chi connectivity index (χ2n) is 11.4. The van der Waals surface area contributed by atoms with E-state index in [0.29, 0.717) is 55.2 Å². The van der Waals surface area contributed by atoms with Gasteiger partial charge in [0.1, 0.15) is 24.4 Å². The fourth-order valence-electron chi connectivity index (χ4n) is 6.19. The Morgan fingerprint density at radius 2 is 1.53 bits per heavy atom.